The standard InChI is InChI=1S/C15H15N3O3/c19-14(20)6-3-11-1-4-12(5-2-11)15(21)17-8-7-13-9-16-10-18-13/h1-6,9-10H,7-8H2,(H,16,18)(H,17,21)(H,19,20). The van der Waals surface area contributed by atoms with Crippen molar-refractivity contribution >= 4 is 18.0 Å². The van der Waals surface area contributed by atoms with Crippen LogP contribution in [-0.2, 0) is 11.2 Å². The number of nitrogens with zero attached hydrogens (tertiary/aromatic N) is 1. The van der Waals surface area contributed by atoms with Gasteiger partial charge in [0, 0.05) is 36.5 Å². The number of nitrogens with one attached hydrogen (secondary N) is 2. The second kappa shape index (κ2) is 7.04. The number of aromatic nitrogens is 2. The number of benzene rings is 1. The monoisotopic (exact) mass is 285 g/mol. The van der Waals surface area contributed by atoms with Crippen molar-refractivity contribution in [1.82, 2.24) is 15.3 Å². The second-order valence-corrected chi connectivity index (χ2v) is 4.38. The van der Waals surface area contributed by atoms with Gasteiger partial charge in [-0.15, -0.1) is 0 Å². The molecule has 0 fully saturated rings. The molecular weight excluding hydrogens is 270 g/mol. The maximum absolute atomic E-state index is 11.9. The van der Waals surface area contributed by atoms with Crippen molar-refractivity contribution < 1.29 is 14.7 Å². The molecule has 1 amide bonds. The summed E-state index contributed by atoms with van der Waals surface area (Å²) in [5.41, 5.74) is 2.22. The third-order valence-corrected chi connectivity index (χ3v) is 2.83. The molecule has 6 heteroatoms. The fraction of sp³-hybridized carbons (Fsp3) is 0.133. The smallest absolute Gasteiger partial charge is 0.328 e. The minimum absolute atomic E-state index is 0.164. The third kappa shape index (κ3) is 4.61. The predicted octanol–water partition coefficient (Wildman–Crippen LogP) is 1.48. The number of amides is 1. The summed E-state index contributed by atoms with van der Waals surface area (Å²) in [4.78, 5) is 29.2. The summed E-state index contributed by atoms with van der Waals surface area (Å²) >= 11 is 0. The topological polar surface area (TPSA) is 95.1 Å². The first-order valence-electron chi connectivity index (χ1n) is 6.41. The summed E-state index contributed by atoms with van der Waals surface area (Å²) in [5.74, 6) is -1.17. The second-order valence-electron chi connectivity index (χ2n) is 4.38. The Morgan fingerprint density at radius 2 is 2.05 bits per heavy atom. The van der Waals surface area contributed by atoms with Gasteiger partial charge in [0.05, 0.1) is 6.33 Å². The fourth-order valence-corrected chi connectivity index (χ4v) is 1.75. The zero-order valence-electron chi connectivity index (χ0n) is 11.2. The van der Waals surface area contributed by atoms with E-state index in [1.807, 2.05) is 0 Å². The highest BCUT2D eigenvalue weighted by Crippen LogP contribution is 2.06. The first-order valence-corrected chi connectivity index (χ1v) is 6.41. The van der Waals surface area contributed by atoms with Gasteiger partial charge in [-0.05, 0) is 23.8 Å². The molecule has 2 rings (SSSR count). The maximum Gasteiger partial charge on any atom is 0.328 e. The van der Waals surface area contributed by atoms with Crippen LogP contribution < -0.4 is 5.32 Å². The van der Waals surface area contributed by atoms with Gasteiger partial charge < -0.3 is 15.4 Å². The molecule has 0 saturated heterocycles. The molecular formula is C15H15N3O3. The molecule has 0 bridgehead atoms. The van der Waals surface area contributed by atoms with E-state index in [1.54, 1.807) is 36.8 Å². The first kappa shape index (κ1) is 14.5. The normalized spacial score (nSPS) is 10.7. The van der Waals surface area contributed by atoms with Crippen LogP contribution in [0.3, 0.4) is 0 Å². The van der Waals surface area contributed by atoms with Gasteiger partial charge in [-0.1, -0.05) is 12.1 Å². The molecule has 1 aromatic heterocycles. The van der Waals surface area contributed by atoms with Crippen LogP contribution in [0.1, 0.15) is 21.6 Å². The fourth-order valence-electron chi connectivity index (χ4n) is 1.75. The molecule has 0 aliphatic carbocycles. The molecule has 108 valence electrons. The van der Waals surface area contributed by atoms with Crippen LogP contribution in [0.2, 0.25) is 0 Å². The Morgan fingerprint density at radius 3 is 2.67 bits per heavy atom. The molecule has 2 aromatic rings. The van der Waals surface area contributed by atoms with Gasteiger partial charge in [0.1, 0.15) is 0 Å². The summed E-state index contributed by atoms with van der Waals surface area (Å²) in [6.45, 7) is 0.516. The van der Waals surface area contributed by atoms with E-state index < -0.39 is 5.97 Å². The summed E-state index contributed by atoms with van der Waals surface area (Å²) in [5, 5.41) is 11.3. The number of rotatable bonds is 6. The van der Waals surface area contributed by atoms with E-state index in [-0.39, 0.29) is 5.91 Å². The molecule has 3 N–H and O–H groups in total. The van der Waals surface area contributed by atoms with Crippen molar-refractivity contribution in [3.63, 3.8) is 0 Å². The van der Waals surface area contributed by atoms with Gasteiger partial charge in [-0.3, -0.25) is 4.79 Å². The van der Waals surface area contributed by atoms with Crippen LogP contribution >= 0.6 is 0 Å². The number of aliphatic carboxylic acids is 1. The lowest BCUT2D eigenvalue weighted by molar-refractivity contribution is -0.131. The quantitative estimate of drug-likeness (QED) is 0.701. The van der Waals surface area contributed by atoms with Crippen LogP contribution in [-0.4, -0.2) is 33.5 Å². The average Bonchev–Trinajstić information content (AvgIpc) is 2.99. The number of aromatic amines is 1. The summed E-state index contributed by atoms with van der Waals surface area (Å²) in [6.07, 6.45) is 6.53. The molecule has 0 radical (unpaired) electrons. The molecule has 6 nitrogen and oxygen atoms in total. The van der Waals surface area contributed by atoms with Crippen molar-refractivity contribution in [2.75, 3.05) is 6.54 Å². The van der Waals surface area contributed by atoms with E-state index in [4.69, 9.17) is 5.11 Å². The molecule has 0 spiro atoms. The molecule has 0 atom stereocenters. The Balaban J connectivity index is 1.86. The van der Waals surface area contributed by atoms with Crippen LogP contribution in [0, 0.1) is 0 Å². The lowest BCUT2D eigenvalue weighted by atomic mass is 10.1. The Kier molecular flexibility index (Phi) is 4.87. The number of carbonyl (C=O) groups excluding carboxylic acids is 1. The summed E-state index contributed by atoms with van der Waals surface area (Å²) in [6, 6.07) is 6.71. The van der Waals surface area contributed by atoms with Crippen molar-refractivity contribution in [3.8, 4) is 0 Å². The SMILES string of the molecule is O=C(O)C=Cc1ccc(C(=O)NCCc2cnc[nH]2)cc1. The summed E-state index contributed by atoms with van der Waals surface area (Å²) in [7, 11) is 0. The number of hydrogen-bond acceptors (Lipinski definition) is 3. The van der Waals surface area contributed by atoms with Gasteiger partial charge in [0.15, 0.2) is 0 Å². The lowest BCUT2D eigenvalue weighted by Crippen LogP contribution is -2.25. The predicted molar refractivity (Wildman–Crippen MR) is 77.7 cm³/mol. The maximum atomic E-state index is 11.9. The average molecular weight is 285 g/mol. The molecule has 0 aliphatic rings. The van der Waals surface area contributed by atoms with Crippen LogP contribution in [0.15, 0.2) is 42.9 Å². The van der Waals surface area contributed by atoms with Crippen LogP contribution in [0.5, 0.6) is 0 Å². The number of carbonyl (C=O) groups is 2. The van der Waals surface area contributed by atoms with E-state index in [2.05, 4.69) is 15.3 Å². The Hall–Kier alpha value is -2.89. The number of imidazole rings is 1. The highest BCUT2D eigenvalue weighted by Gasteiger charge is 2.04. The largest absolute Gasteiger partial charge is 0.478 e. The highest BCUT2D eigenvalue weighted by molar-refractivity contribution is 5.94. The lowest BCUT2D eigenvalue weighted by Gasteiger charge is -2.04. The molecule has 1 aromatic carbocycles. The van der Waals surface area contributed by atoms with Crippen molar-refractivity contribution in [2.24, 2.45) is 0 Å². The number of H-pyrrole nitrogens is 1. The Labute approximate surface area is 121 Å². The van der Waals surface area contributed by atoms with E-state index >= 15 is 0 Å². The molecule has 0 unspecified atom stereocenters. The third-order valence-electron chi connectivity index (χ3n) is 2.83. The van der Waals surface area contributed by atoms with E-state index in [1.165, 1.54) is 6.08 Å². The molecule has 0 aliphatic heterocycles. The van der Waals surface area contributed by atoms with Crippen molar-refractivity contribution in [3.05, 3.63) is 59.7 Å². The van der Waals surface area contributed by atoms with Gasteiger partial charge in [0.25, 0.3) is 5.91 Å². The van der Waals surface area contributed by atoms with E-state index in [0.717, 1.165) is 17.3 Å². The van der Waals surface area contributed by atoms with Gasteiger partial charge in [0.2, 0.25) is 0 Å². The van der Waals surface area contributed by atoms with E-state index in [9.17, 15) is 9.59 Å². The minimum atomic E-state index is -1.00. The summed E-state index contributed by atoms with van der Waals surface area (Å²) < 4.78 is 0. The van der Waals surface area contributed by atoms with Gasteiger partial charge in [-0.2, -0.15) is 0 Å². The molecule has 21 heavy (non-hydrogen) atoms. The van der Waals surface area contributed by atoms with Crippen LogP contribution in [0.25, 0.3) is 6.08 Å². The Morgan fingerprint density at radius 1 is 1.29 bits per heavy atom. The Bertz CT molecular complexity index is 631. The highest BCUT2D eigenvalue weighted by atomic mass is 16.4. The van der Waals surface area contributed by atoms with E-state index in [0.29, 0.717) is 18.5 Å². The number of hydrogen-bond donors (Lipinski definition) is 3. The minimum Gasteiger partial charge on any atom is -0.478 e. The zero-order valence-corrected chi connectivity index (χ0v) is 11.2. The van der Waals surface area contributed by atoms with Crippen molar-refractivity contribution in [1.29, 1.82) is 0 Å². The van der Waals surface area contributed by atoms with Crippen LogP contribution in [0.4, 0.5) is 0 Å². The number of carboxylic acids is 1. The molecule has 1 heterocycles. The molecule has 0 saturated carbocycles. The zero-order chi connectivity index (χ0) is 15.1. The van der Waals surface area contributed by atoms with Gasteiger partial charge in [-0.25, -0.2) is 9.78 Å². The first-order chi connectivity index (χ1) is 10.1. The number of carboxylic acid groups (broad SMARTS) is 1. The van der Waals surface area contributed by atoms with Crippen molar-refractivity contribution in [2.45, 2.75) is 6.42 Å². The van der Waals surface area contributed by atoms with Gasteiger partial charge >= 0.3 is 5.97 Å².